The van der Waals surface area contributed by atoms with Crippen molar-refractivity contribution < 1.29 is 4.79 Å². The molecule has 0 aromatic heterocycles. The molecule has 3 nitrogen and oxygen atoms in total. The summed E-state index contributed by atoms with van der Waals surface area (Å²) in [6.45, 7) is 3.99. The van der Waals surface area contributed by atoms with Crippen LogP contribution in [0.3, 0.4) is 0 Å². The van der Waals surface area contributed by atoms with Crippen LogP contribution in [0.2, 0.25) is 5.02 Å². The first-order valence-electron chi connectivity index (χ1n) is 6.52. The molecule has 0 fully saturated rings. The Balaban J connectivity index is 2.05. The minimum Gasteiger partial charge on any atom is -0.308 e. The zero-order chi connectivity index (χ0) is 14.5. The Labute approximate surface area is 124 Å². The topological polar surface area (TPSA) is 41.1 Å². The SMILES string of the molecule is CCc1ccc(NC(=O)Nc2c(C)cccc2Cl)cc1. The predicted molar refractivity (Wildman–Crippen MR) is 84.7 cm³/mol. The molecule has 0 heterocycles. The van der Waals surface area contributed by atoms with Crippen molar-refractivity contribution in [2.24, 2.45) is 0 Å². The number of nitrogens with one attached hydrogen (secondary N) is 2. The summed E-state index contributed by atoms with van der Waals surface area (Å²) in [7, 11) is 0. The van der Waals surface area contributed by atoms with Crippen molar-refractivity contribution >= 4 is 29.0 Å². The van der Waals surface area contributed by atoms with Gasteiger partial charge in [-0.15, -0.1) is 0 Å². The smallest absolute Gasteiger partial charge is 0.308 e. The van der Waals surface area contributed by atoms with Crippen molar-refractivity contribution in [1.29, 1.82) is 0 Å². The Morgan fingerprint density at radius 1 is 1.10 bits per heavy atom. The molecule has 2 aromatic carbocycles. The number of carbonyl (C=O) groups excluding carboxylic acids is 1. The van der Waals surface area contributed by atoms with E-state index in [-0.39, 0.29) is 6.03 Å². The van der Waals surface area contributed by atoms with Crippen molar-refractivity contribution in [3.05, 3.63) is 58.6 Å². The lowest BCUT2D eigenvalue weighted by molar-refractivity contribution is 0.262. The van der Waals surface area contributed by atoms with Crippen LogP contribution in [-0.2, 0) is 6.42 Å². The molecule has 0 aliphatic carbocycles. The van der Waals surface area contributed by atoms with Crippen molar-refractivity contribution in [1.82, 2.24) is 0 Å². The van der Waals surface area contributed by atoms with Crippen LogP contribution < -0.4 is 10.6 Å². The van der Waals surface area contributed by atoms with Gasteiger partial charge in [0.2, 0.25) is 0 Å². The highest BCUT2D eigenvalue weighted by molar-refractivity contribution is 6.34. The standard InChI is InChI=1S/C16H17ClN2O/c1-3-12-7-9-13(10-8-12)18-16(20)19-15-11(2)5-4-6-14(15)17/h4-10H,3H2,1-2H3,(H2,18,19,20). The molecule has 2 amide bonds. The molecule has 20 heavy (non-hydrogen) atoms. The van der Waals surface area contributed by atoms with E-state index in [1.165, 1.54) is 5.56 Å². The normalized spacial score (nSPS) is 10.2. The molecule has 0 spiro atoms. The van der Waals surface area contributed by atoms with Crippen LogP contribution in [0, 0.1) is 6.92 Å². The fourth-order valence-electron chi connectivity index (χ4n) is 1.89. The first-order valence-corrected chi connectivity index (χ1v) is 6.90. The van der Waals surface area contributed by atoms with Crippen LogP contribution in [0.5, 0.6) is 0 Å². The first kappa shape index (κ1) is 14.4. The third-order valence-corrected chi connectivity index (χ3v) is 3.40. The van der Waals surface area contributed by atoms with E-state index >= 15 is 0 Å². The number of amides is 2. The summed E-state index contributed by atoms with van der Waals surface area (Å²) in [5, 5.41) is 6.09. The molecular formula is C16H17ClN2O. The third kappa shape index (κ3) is 3.52. The molecule has 0 unspecified atom stereocenters. The number of rotatable bonds is 3. The molecular weight excluding hydrogens is 272 g/mol. The van der Waals surface area contributed by atoms with Gasteiger partial charge in [-0.25, -0.2) is 4.79 Å². The largest absolute Gasteiger partial charge is 0.323 e. The molecule has 0 atom stereocenters. The van der Waals surface area contributed by atoms with Crippen LogP contribution in [0.4, 0.5) is 16.2 Å². The Kier molecular flexibility index (Phi) is 4.64. The van der Waals surface area contributed by atoms with Gasteiger partial charge in [0.15, 0.2) is 0 Å². The highest BCUT2D eigenvalue weighted by Gasteiger charge is 2.08. The number of para-hydroxylation sites is 1. The van der Waals surface area contributed by atoms with E-state index in [0.29, 0.717) is 10.7 Å². The van der Waals surface area contributed by atoms with E-state index in [1.54, 1.807) is 6.07 Å². The quantitative estimate of drug-likeness (QED) is 0.832. The minimum absolute atomic E-state index is 0.301. The summed E-state index contributed by atoms with van der Waals surface area (Å²) < 4.78 is 0. The molecule has 104 valence electrons. The Hall–Kier alpha value is -2.00. The van der Waals surface area contributed by atoms with Gasteiger partial charge in [-0.05, 0) is 42.7 Å². The summed E-state index contributed by atoms with van der Waals surface area (Å²) in [6, 6.07) is 13.0. The van der Waals surface area contributed by atoms with E-state index in [0.717, 1.165) is 17.7 Å². The van der Waals surface area contributed by atoms with E-state index < -0.39 is 0 Å². The van der Waals surface area contributed by atoms with E-state index in [9.17, 15) is 4.79 Å². The summed E-state index contributed by atoms with van der Waals surface area (Å²) in [5.41, 5.74) is 3.55. The van der Waals surface area contributed by atoms with Crippen LogP contribution in [0.25, 0.3) is 0 Å². The third-order valence-electron chi connectivity index (χ3n) is 3.08. The second-order valence-electron chi connectivity index (χ2n) is 4.56. The molecule has 0 aliphatic rings. The summed E-state index contributed by atoms with van der Waals surface area (Å²) in [4.78, 5) is 12.0. The maximum absolute atomic E-state index is 12.0. The number of urea groups is 1. The van der Waals surface area contributed by atoms with Gasteiger partial charge in [0.25, 0.3) is 0 Å². The molecule has 0 saturated carbocycles. The van der Waals surface area contributed by atoms with Crippen LogP contribution in [0.15, 0.2) is 42.5 Å². The summed E-state index contributed by atoms with van der Waals surface area (Å²) >= 11 is 6.07. The Morgan fingerprint density at radius 2 is 1.80 bits per heavy atom. The van der Waals surface area contributed by atoms with Gasteiger partial charge in [0, 0.05) is 5.69 Å². The molecule has 0 radical (unpaired) electrons. The summed E-state index contributed by atoms with van der Waals surface area (Å²) in [6.07, 6.45) is 0.977. The van der Waals surface area contributed by atoms with Gasteiger partial charge >= 0.3 is 6.03 Å². The number of hydrogen-bond acceptors (Lipinski definition) is 1. The van der Waals surface area contributed by atoms with Gasteiger partial charge in [-0.1, -0.05) is 42.8 Å². The molecule has 0 aliphatic heterocycles. The zero-order valence-corrected chi connectivity index (χ0v) is 12.3. The second-order valence-corrected chi connectivity index (χ2v) is 4.97. The predicted octanol–water partition coefficient (Wildman–Crippen LogP) is 4.85. The van der Waals surface area contributed by atoms with Crippen molar-refractivity contribution in [2.45, 2.75) is 20.3 Å². The molecule has 4 heteroatoms. The van der Waals surface area contributed by atoms with Crippen LogP contribution >= 0.6 is 11.6 Å². The zero-order valence-electron chi connectivity index (χ0n) is 11.5. The van der Waals surface area contributed by atoms with Crippen molar-refractivity contribution in [3.63, 3.8) is 0 Å². The Bertz CT molecular complexity index is 588. The summed E-state index contributed by atoms with van der Waals surface area (Å²) in [5.74, 6) is 0. The van der Waals surface area contributed by atoms with Crippen LogP contribution in [-0.4, -0.2) is 6.03 Å². The number of aryl methyl sites for hydroxylation is 2. The molecule has 0 saturated heterocycles. The lowest BCUT2D eigenvalue weighted by Crippen LogP contribution is -2.20. The number of carbonyl (C=O) groups is 1. The van der Waals surface area contributed by atoms with Crippen LogP contribution in [0.1, 0.15) is 18.1 Å². The minimum atomic E-state index is -0.301. The van der Waals surface area contributed by atoms with Gasteiger partial charge in [-0.2, -0.15) is 0 Å². The number of benzene rings is 2. The fraction of sp³-hybridized carbons (Fsp3) is 0.188. The second kappa shape index (κ2) is 6.44. The fourth-order valence-corrected chi connectivity index (χ4v) is 2.16. The first-order chi connectivity index (χ1) is 9.60. The van der Waals surface area contributed by atoms with E-state index in [1.807, 2.05) is 43.3 Å². The van der Waals surface area contributed by atoms with Crippen molar-refractivity contribution in [2.75, 3.05) is 10.6 Å². The van der Waals surface area contributed by atoms with E-state index in [4.69, 9.17) is 11.6 Å². The lowest BCUT2D eigenvalue weighted by Gasteiger charge is -2.11. The monoisotopic (exact) mass is 288 g/mol. The number of anilines is 2. The van der Waals surface area contributed by atoms with Gasteiger partial charge < -0.3 is 10.6 Å². The molecule has 0 bridgehead atoms. The average molecular weight is 289 g/mol. The van der Waals surface area contributed by atoms with Gasteiger partial charge in [-0.3, -0.25) is 0 Å². The Morgan fingerprint density at radius 3 is 2.40 bits per heavy atom. The van der Waals surface area contributed by atoms with Gasteiger partial charge in [0.05, 0.1) is 10.7 Å². The number of hydrogen-bond donors (Lipinski definition) is 2. The highest BCUT2D eigenvalue weighted by atomic mass is 35.5. The average Bonchev–Trinajstić information content (AvgIpc) is 2.44. The van der Waals surface area contributed by atoms with E-state index in [2.05, 4.69) is 17.6 Å². The maximum atomic E-state index is 12.0. The number of halogens is 1. The molecule has 2 N–H and O–H groups in total. The maximum Gasteiger partial charge on any atom is 0.323 e. The lowest BCUT2D eigenvalue weighted by atomic mass is 10.1. The highest BCUT2D eigenvalue weighted by Crippen LogP contribution is 2.25. The van der Waals surface area contributed by atoms with Gasteiger partial charge in [0.1, 0.15) is 0 Å². The van der Waals surface area contributed by atoms with Crippen molar-refractivity contribution in [3.8, 4) is 0 Å². The molecule has 2 aromatic rings. The molecule has 2 rings (SSSR count).